The molecule has 0 aromatic carbocycles. The van der Waals surface area contributed by atoms with Crippen LogP contribution in [0.25, 0.3) is 12.2 Å². The standard InChI is InChI=1S/C12H13NO/c1-9(2)10-4-3-5-12-11(7-6-10)13-8-14-12/h3-9H,1-2H3/b4-3?,5-3?,7-6?,10-4?,10-6?,11-7+,12-5+. The lowest BCUT2D eigenvalue weighted by atomic mass is 10.0. The summed E-state index contributed by atoms with van der Waals surface area (Å²) in [5.41, 5.74) is 2.12. The van der Waals surface area contributed by atoms with Crippen LogP contribution >= 0.6 is 0 Å². The molecular weight excluding hydrogens is 174 g/mol. The zero-order chi connectivity index (χ0) is 9.97. The zero-order valence-electron chi connectivity index (χ0n) is 8.40. The highest BCUT2D eigenvalue weighted by molar-refractivity contribution is 5.48. The van der Waals surface area contributed by atoms with Gasteiger partial charge in [-0.05, 0) is 23.6 Å². The van der Waals surface area contributed by atoms with Gasteiger partial charge in [0.05, 0.1) is 0 Å². The maximum absolute atomic E-state index is 5.21. The van der Waals surface area contributed by atoms with Crippen molar-refractivity contribution in [1.82, 2.24) is 4.98 Å². The number of oxazole rings is 1. The first-order valence-corrected chi connectivity index (χ1v) is 4.77. The molecule has 2 heteroatoms. The first-order valence-electron chi connectivity index (χ1n) is 4.77. The van der Waals surface area contributed by atoms with Crippen molar-refractivity contribution in [2.75, 3.05) is 0 Å². The Morgan fingerprint density at radius 3 is 2.86 bits per heavy atom. The fourth-order valence-corrected chi connectivity index (χ4v) is 1.38. The molecule has 0 saturated heterocycles. The predicted octanol–water partition coefficient (Wildman–Crippen LogP) is 1.39. The molecule has 0 N–H and O–H groups in total. The Balaban J connectivity index is 2.56. The van der Waals surface area contributed by atoms with Crippen molar-refractivity contribution >= 4 is 12.2 Å². The highest BCUT2D eigenvalue weighted by Gasteiger charge is 1.99. The first kappa shape index (κ1) is 9.00. The van der Waals surface area contributed by atoms with Crippen molar-refractivity contribution in [2.45, 2.75) is 13.8 Å². The molecule has 72 valence electrons. The van der Waals surface area contributed by atoms with Crippen molar-refractivity contribution in [3.63, 3.8) is 0 Å². The lowest BCUT2D eigenvalue weighted by Crippen LogP contribution is -2.21. The molecule has 1 aromatic heterocycles. The van der Waals surface area contributed by atoms with Gasteiger partial charge in [0.2, 0.25) is 0 Å². The first-order chi connectivity index (χ1) is 6.77. The molecule has 0 spiro atoms. The summed E-state index contributed by atoms with van der Waals surface area (Å²) < 4.78 is 5.21. The van der Waals surface area contributed by atoms with Crippen LogP contribution in [0.1, 0.15) is 13.8 Å². The van der Waals surface area contributed by atoms with Crippen LogP contribution in [0.15, 0.2) is 34.6 Å². The molecular formula is C12H13NO. The topological polar surface area (TPSA) is 26.0 Å². The summed E-state index contributed by atoms with van der Waals surface area (Å²) in [6, 6.07) is 0. The Bertz CT molecular complexity index is 489. The monoisotopic (exact) mass is 187 g/mol. The van der Waals surface area contributed by atoms with Crippen LogP contribution in [-0.4, -0.2) is 4.98 Å². The summed E-state index contributed by atoms with van der Waals surface area (Å²) in [4.78, 5) is 4.12. The van der Waals surface area contributed by atoms with Gasteiger partial charge < -0.3 is 4.42 Å². The molecule has 0 unspecified atom stereocenters. The maximum atomic E-state index is 5.21. The van der Waals surface area contributed by atoms with Crippen LogP contribution in [0.2, 0.25) is 0 Å². The van der Waals surface area contributed by atoms with Crippen molar-refractivity contribution in [2.24, 2.45) is 5.92 Å². The molecule has 0 atom stereocenters. The van der Waals surface area contributed by atoms with E-state index < -0.39 is 0 Å². The molecule has 0 radical (unpaired) electrons. The third kappa shape index (κ3) is 1.69. The van der Waals surface area contributed by atoms with Gasteiger partial charge in [-0.15, -0.1) is 0 Å². The Morgan fingerprint density at radius 2 is 2.07 bits per heavy atom. The highest BCUT2D eigenvalue weighted by atomic mass is 16.3. The van der Waals surface area contributed by atoms with E-state index in [1.54, 1.807) is 0 Å². The summed E-state index contributed by atoms with van der Waals surface area (Å²) >= 11 is 0. The third-order valence-corrected chi connectivity index (χ3v) is 2.26. The number of rotatable bonds is 1. The van der Waals surface area contributed by atoms with Gasteiger partial charge in [0.25, 0.3) is 0 Å². The van der Waals surface area contributed by atoms with E-state index in [1.165, 1.54) is 12.0 Å². The van der Waals surface area contributed by atoms with Gasteiger partial charge in [0, 0.05) is 0 Å². The molecule has 1 aromatic rings. The highest BCUT2D eigenvalue weighted by Crippen LogP contribution is 2.11. The van der Waals surface area contributed by atoms with E-state index in [0.717, 1.165) is 10.8 Å². The predicted molar refractivity (Wildman–Crippen MR) is 56.7 cm³/mol. The molecule has 2 rings (SSSR count). The van der Waals surface area contributed by atoms with E-state index in [4.69, 9.17) is 4.42 Å². The minimum absolute atomic E-state index is 0.532. The molecule has 1 aliphatic carbocycles. The van der Waals surface area contributed by atoms with Crippen LogP contribution < -0.4 is 10.8 Å². The smallest absolute Gasteiger partial charge is 0.181 e. The molecule has 14 heavy (non-hydrogen) atoms. The normalized spacial score (nSPS) is 19.8. The number of fused-ring (bicyclic) bond motifs is 1. The number of hydrogen-bond acceptors (Lipinski definition) is 2. The van der Waals surface area contributed by atoms with E-state index >= 15 is 0 Å². The van der Waals surface area contributed by atoms with Gasteiger partial charge in [-0.2, -0.15) is 0 Å². The van der Waals surface area contributed by atoms with Gasteiger partial charge >= 0.3 is 0 Å². The maximum Gasteiger partial charge on any atom is 0.181 e. The third-order valence-electron chi connectivity index (χ3n) is 2.26. The van der Waals surface area contributed by atoms with Gasteiger partial charge in [-0.1, -0.05) is 32.1 Å². The second-order valence-electron chi connectivity index (χ2n) is 3.62. The Labute approximate surface area is 83.0 Å². The lowest BCUT2D eigenvalue weighted by Gasteiger charge is -2.04. The number of aromatic nitrogens is 1. The summed E-state index contributed by atoms with van der Waals surface area (Å²) in [6.07, 6.45) is 11.6. The summed E-state index contributed by atoms with van der Waals surface area (Å²) in [6.45, 7) is 4.35. The van der Waals surface area contributed by atoms with Gasteiger partial charge in [0.1, 0.15) is 5.35 Å². The fraction of sp³-hybridized carbons (Fsp3) is 0.250. The SMILES string of the molecule is CC(C)C1=C/C=c2/nco/c2=C/C=C1. The quantitative estimate of drug-likeness (QED) is 0.664. The average Bonchev–Trinajstić information content (AvgIpc) is 2.51. The van der Waals surface area contributed by atoms with Crippen LogP contribution in [0, 0.1) is 5.92 Å². The minimum Gasteiger partial charge on any atom is -0.443 e. The molecule has 0 aliphatic heterocycles. The van der Waals surface area contributed by atoms with Gasteiger partial charge in [-0.25, -0.2) is 4.98 Å². The summed E-state index contributed by atoms with van der Waals surface area (Å²) in [5.74, 6) is 0.532. The molecule has 0 saturated carbocycles. The lowest BCUT2D eigenvalue weighted by molar-refractivity contribution is 0.525. The average molecular weight is 187 g/mol. The molecule has 2 nitrogen and oxygen atoms in total. The minimum atomic E-state index is 0.532. The number of nitrogens with zero attached hydrogens (tertiary/aromatic N) is 1. The van der Waals surface area contributed by atoms with Crippen molar-refractivity contribution in [1.29, 1.82) is 0 Å². The van der Waals surface area contributed by atoms with Crippen LogP contribution in [-0.2, 0) is 0 Å². The molecule has 1 heterocycles. The van der Waals surface area contributed by atoms with Crippen LogP contribution in [0.3, 0.4) is 0 Å². The molecule has 0 amide bonds. The molecule has 0 bridgehead atoms. The fourth-order valence-electron chi connectivity index (χ4n) is 1.38. The summed E-state index contributed by atoms with van der Waals surface area (Å²) in [5, 5.41) is 0.896. The van der Waals surface area contributed by atoms with Crippen molar-refractivity contribution < 1.29 is 4.42 Å². The van der Waals surface area contributed by atoms with E-state index in [2.05, 4.69) is 31.0 Å². The van der Waals surface area contributed by atoms with Crippen molar-refractivity contribution in [3.8, 4) is 0 Å². The largest absolute Gasteiger partial charge is 0.443 e. The van der Waals surface area contributed by atoms with E-state index in [9.17, 15) is 0 Å². The van der Waals surface area contributed by atoms with E-state index in [1.807, 2.05) is 18.2 Å². The number of allylic oxidation sites excluding steroid dienone is 4. The second-order valence-corrected chi connectivity index (χ2v) is 3.62. The molecule has 0 fully saturated rings. The molecule has 1 aliphatic rings. The Hall–Kier alpha value is -1.57. The van der Waals surface area contributed by atoms with Gasteiger partial charge in [-0.3, -0.25) is 0 Å². The zero-order valence-corrected chi connectivity index (χ0v) is 8.40. The van der Waals surface area contributed by atoms with Crippen LogP contribution in [0.5, 0.6) is 0 Å². The summed E-state index contributed by atoms with van der Waals surface area (Å²) in [7, 11) is 0. The van der Waals surface area contributed by atoms with Gasteiger partial charge in [0.15, 0.2) is 11.8 Å². The number of hydrogen-bond donors (Lipinski definition) is 0. The van der Waals surface area contributed by atoms with E-state index in [0.29, 0.717) is 5.92 Å². The van der Waals surface area contributed by atoms with E-state index in [-0.39, 0.29) is 0 Å². The Morgan fingerprint density at radius 1 is 1.21 bits per heavy atom. The van der Waals surface area contributed by atoms with Crippen molar-refractivity contribution in [3.05, 3.63) is 41.0 Å². The second kappa shape index (κ2) is 3.66. The Kier molecular flexibility index (Phi) is 2.35. The van der Waals surface area contributed by atoms with Crippen LogP contribution in [0.4, 0.5) is 0 Å².